The van der Waals surface area contributed by atoms with Gasteiger partial charge in [-0.2, -0.15) is 0 Å². The molecule has 1 aliphatic rings. The minimum absolute atomic E-state index is 0.0596. The summed E-state index contributed by atoms with van der Waals surface area (Å²) in [6, 6.07) is 6.82. The van der Waals surface area contributed by atoms with Crippen LogP contribution in [-0.2, 0) is 16.0 Å². The van der Waals surface area contributed by atoms with E-state index in [0.29, 0.717) is 19.7 Å². The van der Waals surface area contributed by atoms with Gasteiger partial charge in [-0.25, -0.2) is 4.79 Å². The van der Waals surface area contributed by atoms with Crippen LogP contribution >= 0.6 is 0 Å². The number of phenolic OH excluding ortho intramolecular Hbond substituents is 1. The number of amides is 2. The number of benzene rings is 1. The average molecular weight is 322 g/mol. The Morgan fingerprint density at radius 2 is 2.30 bits per heavy atom. The molecule has 0 saturated carbocycles. The number of hydrogen-bond donors (Lipinski definition) is 2. The van der Waals surface area contributed by atoms with Crippen LogP contribution in [0.15, 0.2) is 24.3 Å². The van der Waals surface area contributed by atoms with E-state index in [4.69, 9.17) is 9.47 Å². The first kappa shape index (κ1) is 17.6. The Bertz CT molecular complexity index is 503. The lowest BCUT2D eigenvalue weighted by atomic mass is 10.1. The summed E-state index contributed by atoms with van der Waals surface area (Å²) in [5, 5.41) is 12.9. The Labute approximate surface area is 137 Å². The molecule has 2 amide bonds. The van der Waals surface area contributed by atoms with Crippen LogP contribution in [0.25, 0.3) is 0 Å². The van der Waals surface area contributed by atoms with E-state index in [9.17, 15) is 9.90 Å². The first-order valence-corrected chi connectivity index (χ1v) is 8.03. The molecule has 2 atom stereocenters. The number of methoxy groups -OCH3 is 1. The molecule has 0 aromatic heterocycles. The van der Waals surface area contributed by atoms with Crippen LogP contribution in [0.5, 0.6) is 5.75 Å². The van der Waals surface area contributed by atoms with Crippen molar-refractivity contribution in [2.75, 3.05) is 26.9 Å². The Morgan fingerprint density at radius 1 is 1.52 bits per heavy atom. The van der Waals surface area contributed by atoms with Crippen molar-refractivity contribution in [2.45, 2.75) is 38.5 Å². The number of nitrogens with zero attached hydrogens (tertiary/aromatic N) is 1. The summed E-state index contributed by atoms with van der Waals surface area (Å²) in [5.41, 5.74) is 0.722. The van der Waals surface area contributed by atoms with Gasteiger partial charge in [-0.3, -0.25) is 0 Å². The lowest BCUT2D eigenvalue weighted by Gasteiger charge is -2.27. The van der Waals surface area contributed by atoms with Crippen molar-refractivity contribution >= 4 is 6.03 Å². The maximum atomic E-state index is 12.6. The number of rotatable bonds is 7. The van der Waals surface area contributed by atoms with Crippen molar-refractivity contribution in [3.63, 3.8) is 0 Å². The summed E-state index contributed by atoms with van der Waals surface area (Å²) < 4.78 is 10.7. The summed E-state index contributed by atoms with van der Waals surface area (Å²) in [7, 11) is 1.61. The molecule has 0 spiro atoms. The van der Waals surface area contributed by atoms with Crippen LogP contribution in [0.2, 0.25) is 0 Å². The number of phenols is 1. The van der Waals surface area contributed by atoms with Crippen molar-refractivity contribution in [3.05, 3.63) is 29.8 Å². The van der Waals surface area contributed by atoms with E-state index in [1.165, 1.54) is 0 Å². The van der Waals surface area contributed by atoms with Gasteiger partial charge >= 0.3 is 6.03 Å². The van der Waals surface area contributed by atoms with Crippen LogP contribution in [0.4, 0.5) is 4.79 Å². The molecule has 128 valence electrons. The van der Waals surface area contributed by atoms with Crippen LogP contribution in [0.3, 0.4) is 0 Å². The van der Waals surface area contributed by atoms with Gasteiger partial charge in [0.15, 0.2) is 0 Å². The van der Waals surface area contributed by atoms with Gasteiger partial charge in [0.1, 0.15) is 5.75 Å². The SMILES string of the molecule is COCC(C)NC(=O)N(Cc1ccccc1O)CC1CCCO1. The quantitative estimate of drug-likeness (QED) is 0.806. The summed E-state index contributed by atoms with van der Waals surface area (Å²) in [5.74, 6) is 0.197. The third-order valence-corrected chi connectivity index (χ3v) is 3.87. The van der Waals surface area contributed by atoms with Gasteiger partial charge in [0.2, 0.25) is 0 Å². The van der Waals surface area contributed by atoms with Gasteiger partial charge in [0.05, 0.1) is 25.3 Å². The van der Waals surface area contributed by atoms with Crippen LogP contribution in [-0.4, -0.2) is 55.1 Å². The van der Waals surface area contributed by atoms with Gasteiger partial charge in [-0.05, 0) is 25.8 Å². The number of carbonyl (C=O) groups excluding carboxylic acids is 1. The molecule has 2 unspecified atom stereocenters. The molecule has 6 heteroatoms. The highest BCUT2D eigenvalue weighted by Gasteiger charge is 2.24. The summed E-state index contributed by atoms with van der Waals surface area (Å²) >= 11 is 0. The molecule has 1 aliphatic heterocycles. The molecule has 0 radical (unpaired) electrons. The van der Waals surface area contributed by atoms with E-state index in [-0.39, 0.29) is 23.9 Å². The molecular formula is C17H26N2O4. The fraction of sp³-hybridized carbons (Fsp3) is 0.588. The third-order valence-electron chi connectivity index (χ3n) is 3.87. The minimum Gasteiger partial charge on any atom is -0.508 e. The van der Waals surface area contributed by atoms with Crippen molar-refractivity contribution < 1.29 is 19.4 Å². The van der Waals surface area contributed by atoms with E-state index < -0.39 is 0 Å². The second-order valence-corrected chi connectivity index (χ2v) is 5.95. The summed E-state index contributed by atoms with van der Waals surface area (Å²) in [4.78, 5) is 14.2. The van der Waals surface area contributed by atoms with Gasteiger partial charge < -0.3 is 24.8 Å². The summed E-state index contributed by atoms with van der Waals surface area (Å²) in [6.45, 7) is 3.95. The van der Waals surface area contributed by atoms with Crippen molar-refractivity contribution in [2.24, 2.45) is 0 Å². The molecule has 23 heavy (non-hydrogen) atoms. The predicted molar refractivity (Wildman–Crippen MR) is 87.4 cm³/mol. The van der Waals surface area contributed by atoms with Crippen LogP contribution in [0, 0.1) is 0 Å². The summed E-state index contributed by atoms with van der Waals surface area (Å²) in [6.07, 6.45) is 2.04. The zero-order chi connectivity index (χ0) is 16.7. The van der Waals surface area contributed by atoms with Gasteiger partial charge in [-0.1, -0.05) is 18.2 Å². The average Bonchev–Trinajstić information content (AvgIpc) is 3.02. The molecule has 6 nitrogen and oxygen atoms in total. The largest absolute Gasteiger partial charge is 0.508 e. The third kappa shape index (κ3) is 5.41. The lowest BCUT2D eigenvalue weighted by Crippen LogP contribution is -2.47. The zero-order valence-electron chi connectivity index (χ0n) is 13.8. The van der Waals surface area contributed by atoms with E-state index in [1.807, 2.05) is 19.1 Å². The molecule has 1 heterocycles. The fourth-order valence-corrected chi connectivity index (χ4v) is 2.70. The minimum atomic E-state index is -0.173. The molecule has 1 aromatic rings. The Kier molecular flexibility index (Phi) is 6.67. The monoisotopic (exact) mass is 322 g/mol. The fourth-order valence-electron chi connectivity index (χ4n) is 2.70. The zero-order valence-corrected chi connectivity index (χ0v) is 13.8. The molecule has 1 saturated heterocycles. The molecule has 0 aliphatic carbocycles. The van der Waals surface area contributed by atoms with Crippen molar-refractivity contribution in [3.8, 4) is 5.75 Å². The van der Waals surface area contributed by atoms with Gasteiger partial charge in [0, 0.05) is 25.8 Å². The predicted octanol–water partition coefficient (Wildman–Crippen LogP) is 2.12. The number of urea groups is 1. The number of aromatic hydroxyl groups is 1. The van der Waals surface area contributed by atoms with Gasteiger partial charge in [-0.15, -0.1) is 0 Å². The smallest absolute Gasteiger partial charge is 0.318 e. The number of carbonyl (C=O) groups is 1. The van der Waals surface area contributed by atoms with Crippen LogP contribution in [0.1, 0.15) is 25.3 Å². The molecule has 0 bridgehead atoms. The maximum absolute atomic E-state index is 12.6. The maximum Gasteiger partial charge on any atom is 0.318 e. The van der Waals surface area contributed by atoms with Gasteiger partial charge in [0.25, 0.3) is 0 Å². The second kappa shape index (κ2) is 8.74. The number of nitrogens with one attached hydrogen (secondary N) is 1. The van der Waals surface area contributed by atoms with E-state index in [1.54, 1.807) is 24.1 Å². The highest BCUT2D eigenvalue weighted by atomic mass is 16.5. The Hall–Kier alpha value is -1.79. The molecular weight excluding hydrogens is 296 g/mol. The molecule has 1 aromatic carbocycles. The molecule has 2 N–H and O–H groups in total. The van der Waals surface area contributed by atoms with E-state index >= 15 is 0 Å². The number of hydrogen-bond acceptors (Lipinski definition) is 4. The second-order valence-electron chi connectivity index (χ2n) is 5.95. The topological polar surface area (TPSA) is 71.0 Å². The van der Waals surface area contributed by atoms with Crippen molar-refractivity contribution in [1.82, 2.24) is 10.2 Å². The highest BCUT2D eigenvalue weighted by molar-refractivity contribution is 5.74. The highest BCUT2D eigenvalue weighted by Crippen LogP contribution is 2.20. The first-order valence-electron chi connectivity index (χ1n) is 8.03. The van der Waals surface area contributed by atoms with E-state index in [0.717, 1.165) is 25.0 Å². The molecule has 2 rings (SSSR count). The molecule has 1 fully saturated rings. The lowest BCUT2D eigenvalue weighted by molar-refractivity contribution is 0.0777. The number of para-hydroxylation sites is 1. The Balaban J connectivity index is 2.04. The number of ether oxygens (including phenoxy) is 2. The van der Waals surface area contributed by atoms with Crippen molar-refractivity contribution in [1.29, 1.82) is 0 Å². The standard InChI is InChI=1S/C17H26N2O4/c1-13(12-22-2)18-17(21)19(11-15-7-5-9-23-15)10-14-6-3-4-8-16(14)20/h3-4,6,8,13,15,20H,5,7,9-12H2,1-2H3,(H,18,21). The first-order chi connectivity index (χ1) is 11.1. The normalized spacial score (nSPS) is 18.6. The van der Waals surface area contributed by atoms with E-state index in [2.05, 4.69) is 5.32 Å². The Morgan fingerprint density at radius 3 is 2.96 bits per heavy atom. The van der Waals surface area contributed by atoms with Crippen LogP contribution < -0.4 is 5.32 Å².